The average Bonchev–Trinajstić information content (AvgIpc) is 2.46. The molecule has 108 valence electrons. The lowest BCUT2D eigenvalue weighted by molar-refractivity contribution is -0.132. The van der Waals surface area contributed by atoms with Gasteiger partial charge in [0, 0.05) is 26.3 Å². The summed E-state index contributed by atoms with van der Waals surface area (Å²) in [4.78, 5) is 18.2. The van der Waals surface area contributed by atoms with E-state index in [0.717, 1.165) is 25.9 Å². The Morgan fingerprint density at radius 3 is 2.37 bits per heavy atom. The highest BCUT2D eigenvalue weighted by atomic mass is 16.5. The molecule has 0 atom stereocenters. The number of carbonyl (C=O) groups is 1. The van der Waals surface area contributed by atoms with Crippen LogP contribution in [-0.4, -0.2) is 49.6 Å². The van der Waals surface area contributed by atoms with Gasteiger partial charge in [-0.2, -0.15) is 0 Å². The van der Waals surface area contributed by atoms with Crippen LogP contribution in [0.25, 0.3) is 0 Å². The topological polar surface area (TPSA) is 93.9 Å². The van der Waals surface area contributed by atoms with Crippen molar-refractivity contribution in [2.75, 3.05) is 32.8 Å². The molecule has 1 amide bonds. The summed E-state index contributed by atoms with van der Waals surface area (Å²) in [5.74, 6) is 0.262. The summed E-state index contributed by atoms with van der Waals surface area (Å²) in [6, 6.07) is 0. The Morgan fingerprint density at radius 1 is 1.16 bits per heavy atom. The number of primary amides is 1. The molecule has 4 N–H and O–H groups in total. The summed E-state index contributed by atoms with van der Waals surface area (Å²) in [5, 5.41) is 0. The van der Waals surface area contributed by atoms with Crippen LogP contribution in [0.4, 0.5) is 0 Å². The molecule has 2 heterocycles. The second-order valence-corrected chi connectivity index (χ2v) is 5.48. The van der Waals surface area contributed by atoms with E-state index in [1.165, 1.54) is 6.42 Å². The van der Waals surface area contributed by atoms with E-state index in [1.54, 1.807) is 0 Å². The minimum Gasteiger partial charge on any atom is -0.381 e. The molecule has 2 rings (SSSR count). The van der Waals surface area contributed by atoms with Crippen LogP contribution in [0, 0.1) is 5.41 Å². The van der Waals surface area contributed by atoms with Crippen molar-refractivity contribution in [1.29, 1.82) is 0 Å². The Hall–Kier alpha value is -1.30. The van der Waals surface area contributed by atoms with Gasteiger partial charge in [0.05, 0.1) is 12.0 Å². The first-order chi connectivity index (χ1) is 9.14. The van der Waals surface area contributed by atoms with Crippen molar-refractivity contribution in [3.05, 3.63) is 0 Å². The summed E-state index contributed by atoms with van der Waals surface area (Å²) in [6.07, 6.45) is 4.85. The van der Waals surface area contributed by atoms with Gasteiger partial charge in [-0.1, -0.05) is 0 Å². The van der Waals surface area contributed by atoms with Crippen LogP contribution < -0.4 is 11.5 Å². The number of aliphatic imine (C=N–C) groups is 1. The maximum Gasteiger partial charge on any atom is 0.225 e. The number of likely N-dealkylation sites (tertiary alicyclic amines) is 1. The van der Waals surface area contributed by atoms with Crippen LogP contribution >= 0.6 is 0 Å². The van der Waals surface area contributed by atoms with Gasteiger partial charge in [0.1, 0.15) is 0 Å². The predicted octanol–water partition coefficient (Wildman–Crippen LogP) is 0.0691. The number of rotatable bonds is 3. The molecular weight excluding hydrogens is 244 g/mol. The third-order valence-corrected chi connectivity index (χ3v) is 4.20. The molecule has 2 aliphatic rings. The van der Waals surface area contributed by atoms with Gasteiger partial charge in [0.2, 0.25) is 5.91 Å². The largest absolute Gasteiger partial charge is 0.381 e. The van der Waals surface area contributed by atoms with Crippen molar-refractivity contribution < 1.29 is 9.53 Å². The van der Waals surface area contributed by atoms with Crippen molar-refractivity contribution in [1.82, 2.24) is 4.90 Å². The Labute approximate surface area is 114 Å². The van der Waals surface area contributed by atoms with Crippen molar-refractivity contribution in [2.45, 2.75) is 32.1 Å². The zero-order valence-corrected chi connectivity index (χ0v) is 11.4. The predicted molar refractivity (Wildman–Crippen MR) is 73.6 cm³/mol. The number of carbonyl (C=O) groups excluding carboxylic acids is 1. The maximum absolute atomic E-state index is 11.7. The number of hydrogen-bond acceptors (Lipinski definition) is 3. The van der Waals surface area contributed by atoms with E-state index in [-0.39, 0.29) is 5.91 Å². The second-order valence-electron chi connectivity index (χ2n) is 5.48. The summed E-state index contributed by atoms with van der Waals surface area (Å²) in [7, 11) is 0. The normalized spacial score (nSPS) is 24.2. The Kier molecular flexibility index (Phi) is 4.63. The molecule has 0 radical (unpaired) electrons. The lowest BCUT2D eigenvalue weighted by Crippen LogP contribution is -2.46. The van der Waals surface area contributed by atoms with Gasteiger partial charge in [-0.3, -0.25) is 9.79 Å². The van der Waals surface area contributed by atoms with Crippen LogP contribution in [0.3, 0.4) is 0 Å². The van der Waals surface area contributed by atoms with Crippen LogP contribution in [0.5, 0.6) is 0 Å². The average molecular weight is 268 g/mol. The molecule has 2 fully saturated rings. The fourth-order valence-electron chi connectivity index (χ4n) is 2.70. The number of amides is 1. The smallest absolute Gasteiger partial charge is 0.225 e. The summed E-state index contributed by atoms with van der Waals surface area (Å²) >= 11 is 0. The molecule has 0 aromatic carbocycles. The molecule has 0 spiro atoms. The number of nitrogens with two attached hydrogens (primary N) is 2. The van der Waals surface area contributed by atoms with Crippen molar-refractivity contribution in [3.63, 3.8) is 0 Å². The molecule has 0 unspecified atom stereocenters. The summed E-state index contributed by atoms with van der Waals surface area (Å²) in [6.45, 7) is 3.45. The van der Waals surface area contributed by atoms with Gasteiger partial charge in [-0.15, -0.1) is 0 Å². The molecule has 0 bridgehead atoms. The molecule has 19 heavy (non-hydrogen) atoms. The van der Waals surface area contributed by atoms with E-state index in [4.69, 9.17) is 16.2 Å². The maximum atomic E-state index is 11.7. The molecule has 6 nitrogen and oxygen atoms in total. The fraction of sp³-hybridized carbons (Fsp3) is 0.846. The minimum atomic E-state index is -0.571. The SMILES string of the molecule is NC(=O)C1(CN=C(N)N2CCCCC2)CCOCC1. The first-order valence-corrected chi connectivity index (χ1v) is 7.07. The van der Waals surface area contributed by atoms with E-state index in [0.29, 0.717) is 38.6 Å². The molecule has 0 aromatic rings. The zero-order chi connectivity index (χ0) is 13.7. The molecule has 0 aliphatic carbocycles. The Bertz CT molecular complexity index is 345. The highest BCUT2D eigenvalue weighted by molar-refractivity contribution is 5.82. The number of piperidine rings is 1. The monoisotopic (exact) mass is 268 g/mol. The van der Waals surface area contributed by atoms with Gasteiger partial charge in [0.25, 0.3) is 0 Å². The standard InChI is InChI=1S/C13H24N4O2/c14-11(18)13(4-8-19-9-5-13)10-16-12(15)17-6-2-1-3-7-17/h1-10H2,(H2,14,18)(H2,15,16). The van der Waals surface area contributed by atoms with Crippen molar-refractivity contribution in [3.8, 4) is 0 Å². The van der Waals surface area contributed by atoms with Crippen molar-refractivity contribution in [2.24, 2.45) is 21.9 Å². The summed E-state index contributed by atoms with van der Waals surface area (Å²) < 4.78 is 5.30. The first-order valence-electron chi connectivity index (χ1n) is 7.07. The quantitative estimate of drug-likeness (QED) is 0.559. The third kappa shape index (κ3) is 3.37. The highest BCUT2D eigenvalue weighted by Crippen LogP contribution is 2.30. The summed E-state index contributed by atoms with van der Waals surface area (Å²) in [5.41, 5.74) is 11.0. The van der Waals surface area contributed by atoms with Gasteiger partial charge in [-0.05, 0) is 32.1 Å². The first kappa shape index (κ1) is 14.1. The van der Waals surface area contributed by atoms with E-state index < -0.39 is 5.41 Å². The third-order valence-electron chi connectivity index (χ3n) is 4.20. The van der Waals surface area contributed by atoms with E-state index in [1.807, 2.05) is 0 Å². The van der Waals surface area contributed by atoms with Gasteiger partial charge < -0.3 is 21.1 Å². The molecule has 6 heteroatoms. The number of hydrogen-bond donors (Lipinski definition) is 2. The molecule has 0 saturated carbocycles. The lowest BCUT2D eigenvalue weighted by Gasteiger charge is -2.33. The second kappa shape index (κ2) is 6.23. The highest BCUT2D eigenvalue weighted by Gasteiger charge is 2.38. The van der Waals surface area contributed by atoms with Crippen LogP contribution in [0.1, 0.15) is 32.1 Å². The Balaban J connectivity index is 1.98. The van der Waals surface area contributed by atoms with Crippen LogP contribution in [0.15, 0.2) is 4.99 Å². The molecule has 2 aliphatic heterocycles. The van der Waals surface area contributed by atoms with E-state index >= 15 is 0 Å². The van der Waals surface area contributed by atoms with Gasteiger partial charge >= 0.3 is 0 Å². The van der Waals surface area contributed by atoms with Crippen molar-refractivity contribution >= 4 is 11.9 Å². The van der Waals surface area contributed by atoms with E-state index in [9.17, 15) is 4.79 Å². The zero-order valence-electron chi connectivity index (χ0n) is 11.4. The number of guanidine groups is 1. The van der Waals surface area contributed by atoms with E-state index in [2.05, 4.69) is 9.89 Å². The lowest BCUT2D eigenvalue weighted by atomic mass is 9.79. The number of ether oxygens (including phenoxy) is 1. The van der Waals surface area contributed by atoms with Gasteiger partial charge in [0.15, 0.2) is 5.96 Å². The minimum absolute atomic E-state index is 0.286. The molecular formula is C13H24N4O2. The van der Waals surface area contributed by atoms with Crippen LogP contribution in [-0.2, 0) is 9.53 Å². The number of nitrogens with zero attached hydrogens (tertiary/aromatic N) is 2. The molecule has 0 aromatic heterocycles. The molecule has 2 saturated heterocycles. The van der Waals surface area contributed by atoms with Gasteiger partial charge in [-0.25, -0.2) is 0 Å². The fourth-order valence-corrected chi connectivity index (χ4v) is 2.70. The Morgan fingerprint density at radius 2 is 1.79 bits per heavy atom. The van der Waals surface area contributed by atoms with Crippen LogP contribution in [0.2, 0.25) is 0 Å².